The van der Waals surface area contributed by atoms with Crippen molar-refractivity contribution in [3.8, 4) is 0 Å². The van der Waals surface area contributed by atoms with E-state index < -0.39 is 0 Å². The summed E-state index contributed by atoms with van der Waals surface area (Å²) in [7, 11) is 0. The van der Waals surface area contributed by atoms with Gasteiger partial charge < -0.3 is 9.88 Å². The summed E-state index contributed by atoms with van der Waals surface area (Å²) in [6.45, 7) is 0.638. The highest BCUT2D eigenvalue weighted by atomic mass is 19.1. The fraction of sp³-hybridized carbons (Fsp3) is 0.250. The Morgan fingerprint density at radius 2 is 2.14 bits per heavy atom. The van der Waals surface area contributed by atoms with Crippen molar-refractivity contribution in [3.63, 3.8) is 0 Å². The van der Waals surface area contributed by atoms with Crippen LogP contribution in [0.5, 0.6) is 0 Å². The molecule has 2 heterocycles. The van der Waals surface area contributed by atoms with Gasteiger partial charge in [0.15, 0.2) is 0 Å². The first-order chi connectivity index (χ1) is 10.1. The molecule has 108 valence electrons. The summed E-state index contributed by atoms with van der Waals surface area (Å²) in [6.07, 6.45) is 3.13. The van der Waals surface area contributed by atoms with E-state index in [0.717, 1.165) is 18.4 Å². The zero-order chi connectivity index (χ0) is 14.8. The average Bonchev–Trinajstić information content (AvgIpc) is 2.97. The van der Waals surface area contributed by atoms with Crippen LogP contribution in [0.4, 0.5) is 4.39 Å². The molecule has 0 bridgehead atoms. The molecule has 1 fully saturated rings. The molecule has 5 heteroatoms. The fourth-order valence-electron chi connectivity index (χ4n) is 2.78. The van der Waals surface area contributed by atoms with Gasteiger partial charge in [0, 0.05) is 18.8 Å². The number of nitrogens with zero attached hydrogens (tertiary/aromatic N) is 1. The highest BCUT2D eigenvalue weighted by Gasteiger charge is 2.30. The number of likely N-dealkylation sites (tertiary alicyclic amines) is 1. The zero-order valence-electron chi connectivity index (χ0n) is 11.4. The van der Waals surface area contributed by atoms with Crippen LogP contribution in [0.1, 0.15) is 34.8 Å². The first-order valence-corrected chi connectivity index (χ1v) is 6.90. The first kappa shape index (κ1) is 13.5. The smallest absolute Gasteiger partial charge is 0.255 e. The molecule has 1 N–H and O–H groups in total. The maximum absolute atomic E-state index is 13.4. The normalized spacial score (nSPS) is 18.0. The van der Waals surface area contributed by atoms with Gasteiger partial charge in [0.05, 0.1) is 11.6 Å². The summed E-state index contributed by atoms with van der Waals surface area (Å²) in [6, 6.07) is 9.11. The minimum atomic E-state index is -0.296. The Morgan fingerprint density at radius 1 is 1.29 bits per heavy atom. The Morgan fingerprint density at radius 3 is 2.86 bits per heavy atom. The molecule has 1 aliphatic heterocycles. The molecule has 0 radical (unpaired) electrons. The lowest BCUT2D eigenvalue weighted by Crippen LogP contribution is -2.31. The average molecular weight is 286 g/mol. The number of hydrogen-bond donors (Lipinski definition) is 1. The van der Waals surface area contributed by atoms with Gasteiger partial charge in [-0.15, -0.1) is 0 Å². The predicted octanol–water partition coefficient (Wildman–Crippen LogP) is 2.49. The number of benzene rings is 1. The van der Waals surface area contributed by atoms with Crippen molar-refractivity contribution in [2.45, 2.75) is 18.9 Å². The lowest BCUT2D eigenvalue weighted by Gasteiger charge is -2.25. The van der Waals surface area contributed by atoms with Gasteiger partial charge in [-0.2, -0.15) is 0 Å². The van der Waals surface area contributed by atoms with E-state index in [4.69, 9.17) is 0 Å². The monoisotopic (exact) mass is 286 g/mol. The number of nitrogens with one attached hydrogen (secondary N) is 1. The molecular formula is C16H15FN2O2. The van der Waals surface area contributed by atoms with Gasteiger partial charge in [0.1, 0.15) is 5.82 Å². The van der Waals surface area contributed by atoms with Crippen LogP contribution in [0, 0.1) is 5.82 Å². The number of carbonyl (C=O) groups excluding carboxylic acids is 1. The van der Waals surface area contributed by atoms with E-state index in [-0.39, 0.29) is 23.3 Å². The zero-order valence-corrected chi connectivity index (χ0v) is 11.4. The summed E-state index contributed by atoms with van der Waals surface area (Å²) >= 11 is 0. The van der Waals surface area contributed by atoms with Crippen LogP contribution >= 0.6 is 0 Å². The molecule has 0 unspecified atom stereocenters. The number of hydrogen-bond acceptors (Lipinski definition) is 2. The van der Waals surface area contributed by atoms with Gasteiger partial charge in [0.25, 0.3) is 5.91 Å². The molecule has 1 aromatic heterocycles. The molecule has 4 nitrogen and oxygen atoms in total. The van der Waals surface area contributed by atoms with E-state index in [1.54, 1.807) is 11.0 Å². The Kier molecular flexibility index (Phi) is 3.56. The summed E-state index contributed by atoms with van der Waals surface area (Å²) < 4.78 is 13.4. The minimum Gasteiger partial charge on any atom is -0.332 e. The van der Waals surface area contributed by atoms with Gasteiger partial charge in [-0.3, -0.25) is 9.59 Å². The number of halogens is 1. The topological polar surface area (TPSA) is 53.2 Å². The second-order valence-electron chi connectivity index (χ2n) is 5.15. The largest absolute Gasteiger partial charge is 0.332 e. The van der Waals surface area contributed by atoms with E-state index in [2.05, 4.69) is 4.98 Å². The summed E-state index contributed by atoms with van der Waals surface area (Å²) in [5.41, 5.74) is 1.01. The van der Waals surface area contributed by atoms with Crippen LogP contribution in [-0.4, -0.2) is 22.3 Å². The third-order valence-corrected chi connectivity index (χ3v) is 3.78. The maximum Gasteiger partial charge on any atom is 0.255 e. The Hall–Kier alpha value is -2.43. The van der Waals surface area contributed by atoms with Crippen molar-refractivity contribution in [2.24, 2.45) is 0 Å². The Labute approximate surface area is 121 Å². The predicted molar refractivity (Wildman–Crippen MR) is 76.5 cm³/mol. The summed E-state index contributed by atoms with van der Waals surface area (Å²) in [4.78, 5) is 27.8. The van der Waals surface area contributed by atoms with Crippen LogP contribution in [0.25, 0.3) is 0 Å². The number of amides is 1. The van der Waals surface area contributed by atoms with Crippen LogP contribution in [0.3, 0.4) is 0 Å². The van der Waals surface area contributed by atoms with Crippen molar-refractivity contribution >= 4 is 5.91 Å². The lowest BCUT2D eigenvalue weighted by atomic mass is 10.0. The highest BCUT2D eigenvalue weighted by molar-refractivity contribution is 5.94. The van der Waals surface area contributed by atoms with E-state index in [1.165, 1.54) is 30.5 Å². The van der Waals surface area contributed by atoms with Crippen molar-refractivity contribution in [3.05, 3.63) is 69.9 Å². The summed E-state index contributed by atoms with van der Waals surface area (Å²) in [5.74, 6) is -0.436. The highest BCUT2D eigenvalue weighted by Crippen LogP contribution is 2.33. The van der Waals surface area contributed by atoms with Crippen LogP contribution in [0.2, 0.25) is 0 Å². The Bertz CT molecular complexity index is 706. The van der Waals surface area contributed by atoms with Crippen molar-refractivity contribution < 1.29 is 9.18 Å². The lowest BCUT2D eigenvalue weighted by molar-refractivity contribution is 0.0735. The number of aromatic amines is 1. The number of H-pyrrole nitrogens is 1. The standard InChI is InChI=1S/C16H15FN2O2/c17-13-4-1-3-11(9-13)14-5-2-8-19(14)16(21)12-6-7-15(20)18-10-12/h1,3-4,6-7,9-10,14H,2,5,8H2,(H,18,20)/t14-/m1/s1. The minimum absolute atomic E-state index is 0.111. The molecule has 3 rings (SSSR count). The van der Waals surface area contributed by atoms with Crippen molar-refractivity contribution in [1.29, 1.82) is 0 Å². The first-order valence-electron chi connectivity index (χ1n) is 6.90. The second kappa shape index (κ2) is 5.52. The molecule has 1 aliphatic rings. The second-order valence-corrected chi connectivity index (χ2v) is 5.15. The van der Waals surface area contributed by atoms with E-state index in [0.29, 0.717) is 12.1 Å². The maximum atomic E-state index is 13.4. The number of rotatable bonds is 2. The third kappa shape index (κ3) is 2.72. The Balaban J connectivity index is 1.88. The van der Waals surface area contributed by atoms with Crippen molar-refractivity contribution in [1.82, 2.24) is 9.88 Å². The van der Waals surface area contributed by atoms with E-state index >= 15 is 0 Å². The van der Waals surface area contributed by atoms with Gasteiger partial charge in [-0.25, -0.2) is 4.39 Å². The molecule has 1 atom stereocenters. The SMILES string of the molecule is O=C(c1ccc(=O)[nH]c1)N1CCC[C@@H]1c1cccc(F)c1. The third-order valence-electron chi connectivity index (χ3n) is 3.78. The van der Waals surface area contributed by atoms with Gasteiger partial charge in [0.2, 0.25) is 5.56 Å². The molecule has 21 heavy (non-hydrogen) atoms. The van der Waals surface area contributed by atoms with Crippen LogP contribution < -0.4 is 5.56 Å². The molecule has 1 saturated heterocycles. The molecule has 0 saturated carbocycles. The van der Waals surface area contributed by atoms with Crippen molar-refractivity contribution in [2.75, 3.05) is 6.54 Å². The summed E-state index contributed by atoms with van der Waals surface area (Å²) in [5, 5.41) is 0. The molecular weight excluding hydrogens is 271 g/mol. The molecule has 0 spiro atoms. The fourth-order valence-corrected chi connectivity index (χ4v) is 2.78. The van der Waals surface area contributed by atoms with E-state index in [9.17, 15) is 14.0 Å². The van der Waals surface area contributed by atoms with E-state index in [1.807, 2.05) is 6.07 Å². The van der Waals surface area contributed by atoms with Crippen LogP contribution in [-0.2, 0) is 0 Å². The van der Waals surface area contributed by atoms with Crippen LogP contribution in [0.15, 0.2) is 47.4 Å². The quantitative estimate of drug-likeness (QED) is 0.922. The molecule has 2 aromatic rings. The molecule has 0 aliphatic carbocycles. The number of aromatic nitrogens is 1. The van der Waals surface area contributed by atoms with Gasteiger partial charge >= 0.3 is 0 Å². The molecule has 1 amide bonds. The van der Waals surface area contributed by atoms with Gasteiger partial charge in [-0.1, -0.05) is 12.1 Å². The number of carbonyl (C=O) groups is 1. The number of pyridine rings is 1. The molecule has 1 aromatic carbocycles. The van der Waals surface area contributed by atoms with Gasteiger partial charge in [-0.05, 0) is 36.6 Å².